The number of ether oxygens (including phenoxy) is 1. The van der Waals surface area contributed by atoms with Gasteiger partial charge in [-0.3, -0.25) is 4.79 Å². The zero-order chi connectivity index (χ0) is 13.3. The van der Waals surface area contributed by atoms with E-state index < -0.39 is 23.7 Å². The Morgan fingerprint density at radius 3 is 2.83 bits per heavy atom. The molecule has 1 atom stereocenters. The van der Waals surface area contributed by atoms with Gasteiger partial charge in [0.1, 0.15) is 11.7 Å². The average molecular weight is 252 g/mol. The van der Waals surface area contributed by atoms with Crippen LogP contribution in [0.1, 0.15) is 16.1 Å². The Balaban J connectivity index is 2.32. The standard InChI is InChI=1S/C11H12N2O5/c1-6-2-3-8(10(15)16)9(14)13(6)5-7-4-12-11(17)18-7/h2-3,7H,4-5H2,1H3,(H,12,17)(H,15,16). The highest BCUT2D eigenvalue weighted by Crippen LogP contribution is 2.05. The normalized spacial score (nSPS) is 18.3. The molecule has 1 aliphatic heterocycles. The van der Waals surface area contributed by atoms with Crippen molar-refractivity contribution < 1.29 is 19.4 Å². The third-order valence-corrected chi connectivity index (χ3v) is 2.76. The fraction of sp³-hybridized carbons (Fsp3) is 0.364. The molecule has 2 N–H and O–H groups in total. The van der Waals surface area contributed by atoms with Gasteiger partial charge in [0.15, 0.2) is 0 Å². The minimum atomic E-state index is -1.27. The summed E-state index contributed by atoms with van der Waals surface area (Å²) in [6, 6.07) is 2.82. The van der Waals surface area contributed by atoms with Crippen LogP contribution in [0.4, 0.5) is 4.79 Å². The van der Waals surface area contributed by atoms with Gasteiger partial charge in [0.2, 0.25) is 0 Å². The minimum Gasteiger partial charge on any atom is -0.477 e. The second-order valence-corrected chi connectivity index (χ2v) is 4.02. The largest absolute Gasteiger partial charge is 0.477 e. The highest BCUT2D eigenvalue weighted by atomic mass is 16.6. The van der Waals surface area contributed by atoms with E-state index in [-0.39, 0.29) is 12.1 Å². The molecule has 0 bridgehead atoms. The van der Waals surface area contributed by atoms with E-state index in [0.717, 1.165) is 0 Å². The number of aromatic nitrogens is 1. The summed E-state index contributed by atoms with van der Waals surface area (Å²) < 4.78 is 6.22. The van der Waals surface area contributed by atoms with Gasteiger partial charge in [-0.25, -0.2) is 9.59 Å². The molecule has 0 aliphatic carbocycles. The number of aryl methyl sites for hydroxylation is 1. The number of hydrogen-bond acceptors (Lipinski definition) is 4. The molecule has 2 heterocycles. The Hall–Kier alpha value is -2.31. The van der Waals surface area contributed by atoms with Crippen LogP contribution < -0.4 is 10.9 Å². The van der Waals surface area contributed by atoms with Crippen molar-refractivity contribution in [2.75, 3.05) is 6.54 Å². The molecule has 1 aliphatic rings. The van der Waals surface area contributed by atoms with E-state index in [4.69, 9.17) is 9.84 Å². The lowest BCUT2D eigenvalue weighted by atomic mass is 10.2. The van der Waals surface area contributed by atoms with E-state index >= 15 is 0 Å². The van der Waals surface area contributed by atoms with E-state index in [1.165, 1.54) is 10.6 Å². The van der Waals surface area contributed by atoms with E-state index in [9.17, 15) is 14.4 Å². The number of carbonyl (C=O) groups excluding carboxylic acids is 1. The summed E-state index contributed by atoms with van der Waals surface area (Å²) in [5, 5.41) is 11.3. The van der Waals surface area contributed by atoms with Crippen LogP contribution in [0.15, 0.2) is 16.9 Å². The predicted octanol–water partition coefficient (Wildman–Crippen LogP) is -0.0367. The molecule has 1 unspecified atom stereocenters. The van der Waals surface area contributed by atoms with Crippen LogP contribution in [-0.2, 0) is 11.3 Å². The van der Waals surface area contributed by atoms with Crippen LogP contribution in [0.25, 0.3) is 0 Å². The number of aromatic carboxylic acids is 1. The molecule has 1 fully saturated rings. The molecule has 1 aromatic heterocycles. The fourth-order valence-electron chi connectivity index (χ4n) is 1.80. The van der Waals surface area contributed by atoms with Crippen LogP contribution in [0, 0.1) is 6.92 Å². The van der Waals surface area contributed by atoms with Gasteiger partial charge < -0.3 is 19.7 Å². The van der Waals surface area contributed by atoms with Crippen molar-refractivity contribution in [2.45, 2.75) is 19.6 Å². The van der Waals surface area contributed by atoms with Crippen molar-refractivity contribution in [1.29, 1.82) is 0 Å². The highest BCUT2D eigenvalue weighted by molar-refractivity contribution is 5.87. The quantitative estimate of drug-likeness (QED) is 0.786. The molecule has 0 aromatic carbocycles. The first kappa shape index (κ1) is 12.2. The van der Waals surface area contributed by atoms with Crippen LogP contribution >= 0.6 is 0 Å². The average Bonchev–Trinajstić information content (AvgIpc) is 2.69. The first-order valence-corrected chi connectivity index (χ1v) is 5.37. The predicted molar refractivity (Wildman–Crippen MR) is 60.7 cm³/mol. The van der Waals surface area contributed by atoms with Crippen LogP contribution in [-0.4, -0.2) is 34.4 Å². The van der Waals surface area contributed by atoms with Crippen molar-refractivity contribution in [1.82, 2.24) is 9.88 Å². The summed E-state index contributed by atoms with van der Waals surface area (Å²) >= 11 is 0. The number of carbonyl (C=O) groups is 2. The van der Waals surface area contributed by atoms with Gasteiger partial charge in [-0.15, -0.1) is 0 Å². The number of rotatable bonds is 3. The smallest absolute Gasteiger partial charge is 0.407 e. The van der Waals surface area contributed by atoms with Crippen molar-refractivity contribution >= 4 is 12.1 Å². The molecule has 2 rings (SSSR count). The molecule has 0 radical (unpaired) electrons. The van der Waals surface area contributed by atoms with E-state index in [1.807, 2.05) is 0 Å². The summed E-state index contributed by atoms with van der Waals surface area (Å²) in [6.07, 6.45) is -0.988. The number of hydrogen-bond donors (Lipinski definition) is 2. The summed E-state index contributed by atoms with van der Waals surface area (Å²) in [5.41, 5.74) is -0.267. The number of alkyl carbamates (subject to hydrolysis) is 1. The third kappa shape index (κ3) is 2.20. The number of amides is 1. The summed E-state index contributed by atoms with van der Waals surface area (Å²) in [7, 11) is 0. The van der Waals surface area contributed by atoms with Crippen LogP contribution in [0.3, 0.4) is 0 Å². The monoisotopic (exact) mass is 252 g/mol. The molecular formula is C11H12N2O5. The number of cyclic esters (lactones) is 1. The summed E-state index contributed by atoms with van der Waals surface area (Å²) in [5.74, 6) is -1.27. The maximum atomic E-state index is 11.9. The van der Waals surface area contributed by atoms with Crippen molar-refractivity contribution in [3.05, 3.63) is 33.7 Å². The second kappa shape index (κ2) is 4.52. The van der Waals surface area contributed by atoms with Gasteiger partial charge in [0.25, 0.3) is 5.56 Å². The minimum absolute atomic E-state index is 0.143. The Morgan fingerprint density at radius 2 is 2.28 bits per heavy atom. The third-order valence-electron chi connectivity index (χ3n) is 2.76. The Labute approximate surface area is 102 Å². The maximum absolute atomic E-state index is 11.9. The van der Waals surface area contributed by atoms with E-state index in [0.29, 0.717) is 12.2 Å². The lowest BCUT2D eigenvalue weighted by Crippen LogP contribution is -2.33. The van der Waals surface area contributed by atoms with E-state index in [2.05, 4.69) is 5.32 Å². The molecule has 7 heteroatoms. The zero-order valence-electron chi connectivity index (χ0n) is 9.67. The van der Waals surface area contributed by atoms with Crippen molar-refractivity contribution in [2.24, 2.45) is 0 Å². The molecule has 96 valence electrons. The van der Waals surface area contributed by atoms with Gasteiger partial charge in [-0.05, 0) is 19.1 Å². The van der Waals surface area contributed by atoms with Gasteiger partial charge in [0.05, 0.1) is 13.1 Å². The topological polar surface area (TPSA) is 97.6 Å². The molecule has 18 heavy (non-hydrogen) atoms. The summed E-state index contributed by atoms with van der Waals surface area (Å²) in [4.78, 5) is 33.7. The Kier molecular flexibility index (Phi) is 3.05. The lowest BCUT2D eigenvalue weighted by Gasteiger charge is -2.13. The lowest BCUT2D eigenvalue weighted by molar-refractivity contribution is 0.0692. The number of carboxylic acids is 1. The van der Waals surface area contributed by atoms with Gasteiger partial charge >= 0.3 is 12.1 Å². The van der Waals surface area contributed by atoms with Crippen LogP contribution in [0.5, 0.6) is 0 Å². The molecule has 0 spiro atoms. The fourth-order valence-corrected chi connectivity index (χ4v) is 1.80. The molecular weight excluding hydrogens is 240 g/mol. The highest BCUT2D eigenvalue weighted by Gasteiger charge is 2.24. The van der Waals surface area contributed by atoms with Gasteiger partial charge in [-0.1, -0.05) is 0 Å². The molecule has 1 aromatic rings. The molecule has 1 saturated heterocycles. The number of pyridine rings is 1. The molecule has 0 saturated carbocycles. The number of nitrogens with one attached hydrogen (secondary N) is 1. The Morgan fingerprint density at radius 1 is 1.56 bits per heavy atom. The second-order valence-electron chi connectivity index (χ2n) is 4.02. The van der Waals surface area contributed by atoms with Gasteiger partial charge in [0, 0.05) is 5.69 Å². The van der Waals surface area contributed by atoms with Gasteiger partial charge in [-0.2, -0.15) is 0 Å². The SMILES string of the molecule is Cc1ccc(C(=O)O)c(=O)n1CC1CNC(=O)O1. The van der Waals surface area contributed by atoms with Crippen LogP contribution in [0.2, 0.25) is 0 Å². The first-order valence-electron chi connectivity index (χ1n) is 5.37. The van der Waals surface area contributed by atoms with E-state index in [1.54, 1.807) is 13.0 Å². The zero-order valence-corrected chi connectivity index (χ0v) is 9.67. The number of nitrogens with zero attached hydrogens (tertiary/aromatic N) is 1. The maximum Gasteiger partial charge on any atom is 0.407 e. The summed E-state index contributed by atoms with van der Waals surface area (Å²) in [6.45, 7) is 2.14. The number of carboxylic acid groups (broad SMARTS) is 1. The first-order chi connectivity index (χ1) is 8.49. The van der Waals surface area contributed by atoms with Crippen molar-refractivity contribution in [3.63, 3.8) is 0 Å². The molecule has 1 amide bonds. The van der Waals surface area contributed by atoms with Crippen molar-refractivity contribution in [3.8, 4) is 0 Å². The Bertz CT molecular complexity index is 563. The molecule has 7 nitrogen and oxygen atoms in total.